The van der Waals surface area contributed by atoms with Gasteiger partial charge in [0.1, 0.15) is 5.60 Å². The fourth-order valence-electron chi connectivity index (χ4n) is 1.54. The van der Waals surface area contributed by atoms with Crippen LogP contribution in [0.3, 0.4) is 0 Å². The van der Waals surface area contributed by atoms with E-state index in [-0.39, 0.29) is 19.8 Å². The van der Waals surface area contributed by atoms with Gasteiger partial charge >= 0.3 is 12.1 Å². The number of aliphatic carboxylic acids is 1. The topological polar surface area (TPSA) is 96.3 Å². The van der Waals surface area contributed by atoms with Crippen molar-refractivity contribution in [3.8, 4) is 0 Å². The maximum Gasteiger partial charge on any atom is 0.410 e. The minimum atomic E-state index is -1.14. The van der Waals surface area contributed by atoms with Gasteiger partial charge in [-0.15, -0.1) is 0 Å². The Bertz CT molecular complexity index is 324. The van der Waals surface area contributed by atoms with Crippen molar-refractivity contribution >= 4 is 12.1 Å². The summed E-state index contributed by atoms with van der Waals surface area (Å²) in [5.74, 6) is -1.14. The summed E-state index contributed by atoms with van der Waals surface area (Å²) in [4.78, 5) is 23.9. The van der Waals surface area contributed by atoms with E-state index in [9.17, 15) is 9.59 Å². The molecule has 104 valence electrons. The van der Waals surface area contributed by atoms with E-state index in [0.717, 1.165) is 0 Å². The van der Waals surface area contributed by atoms with Crippen LogP contribution in [0.1, 0.15) is 20.8 Å². The molecule has 1 aliphatic heterocycles. The number of hydrogen-bond acceptors (Lipinski definition) is 5. The second-order valence-corrected chi connectivity index (χ2v) is 5.13. The molecule has 2 atom stereocenters. The zero-order valence-corrected chi connectivity index (χ0v) is 10.8. The summed E-state index contributed by atoms with van der Waals surface area (Å²) in [7, 11) is 0. The van der Waals surface area contributed by atoms with Crippen molar-refractivity contribution in [2.75, 3.05) is 19.8 Å². The van der Waals surface area contributed by atoms with Crippen LogP contribution in [0.25, 0.3) is 0 Å². The van der Waals surface area contributed by atoms with Crippen LogP contribution >= 0.6 is 0 Å². The van der Waals surface area contributed by atoms with Gasteiger partial charge in [0.25, 0.3) is 0 Å². The molecule has 0 radical (unpaired) electrons. The van der Waals surface area contributed by atoms with Crippen LogP contribution in [-0.2, 0) is 14.3 Å². The van der Waals surface area contributed by atoms with Crippen LogP contribution in [-0.4, -0.2) is 64.7 Å². The summed E-state index contributed by atoms with van der Waals surface area (Å²) in [6, 6.07) is -0.574. The molecule has 0 unspecified atom stereocenters. The van der Waals surface area contributed by atoms with Gasteiger partial charge in [-0.05, 0) is 20.8 Å². The van der Waals surface area contributed by atoms with Gasteiger partial charge < -0.3 is 19.7 Å². The van der Waals surface area contributed by atoms with Crippen LogP contribution < -0.4 is 0 Å². The van der Waals surface area contributed by atoms with Gasteiger partial charge in [-0.3, -0.25) is 4.90 Å². The SMILES string of the molecule is CC(C)(C)OC(=O)N1C[C@H](C(=O)O)OC[C@@H]1CO. The quantitative estimate of drug-likeness (QED) is 0.730. The first-order chi connectivity index (χ1) is 8.24. The van der Waals surface area contributed by atoms with Crippen molar-refractivity contribution in [2.24, 2.45) is 0 Å². The lowest BCUT2D eigenvalue weighted by Gasteiger charge is -2.37. The van der Waals surface area contributed by atoms with Gasteiger partial charge in [-0.2, -0.15) is 0 Å². The predicted octanol–water partition coefficient (Wildman–Crippen LogP) is 0.0678. The summed E-state index contributed by atoms with van der Waals surface area (Å²) >= 11 is 0. The molecule has 18 heavy (non-hydrogen) atoms. The Labute approximate surface area is 105 Å². The van der Waals surface area contributed by atoms with Gasteiger partial charge in [0, 0.05) is 0 Å². The standard InChI is InChI=1S/C11H19NO6/c1-11(2,3)18-10(16)12-4-8(9(14)15)17-6-7(12)5-13/h7-8,13H,4-6H2,1-3H3,(H,14,15)/t7-,8+/m0/s1. The number of nitrogens with zero attached hydrogens (tertiary/aromatic N) is 1. The van der Waals surface area contributed by atoms with Crippen LogP contribution in [0.2, 0.25) is 0 Å². The van der Waals surface area contributed by atoms with Crippen LogP contribution in [0, 0.1) is 0 Å². The van der Waals surface area contributed by atoms with Gasteiger partial charge in [-0.1, -0.05) is 0 Å². The van der Waals surface area contributed by atoms with Crippen molar-refractivity contribution in [3.63, 3.8) is 0 Å². The third kappa shape index (κ3) is 3.85. The van der Waals surface area contributed by atoms with Crippen LogP contribution in [0.5, 0.6) is 0 Å². The average Bonchev–Trinajstić information content (AvgIpc) is 2.25. The molecule has 0 bridgehead atoms. The molecule has 0 aromatic rings. The fourth-order valence-corrected chi connectivity index (χ4v) is 1.54. The lowest BCUT2D eigenvalue weighted by molar-refractivity contribution is -0.159. The number of rotatable bonds is 2. The monoisotopic (exact) mass is 261 g/mol. The van der Waals surface area contributed by atoms with Crippen molar-refractivity contribution < 1.29 is 29.3 Å². The Kier molecular flexibility index (Phi) is 4.53. The molecule has 7 nitrogen and oxygen atoms in total. The zero-order chi connectivity index (χ0) is 13.9. The normalized spacial score (nSPS) is 24.8. The van der Waals surface area contributed by atoms with Gasteiger partial charge in [0.05, 0.1) is 25.8 Å². The first kappa shape index (κ1) is 14.7. The second-order valence-electron chi connectivity index (χ2n) is 5.13. The number of morpholine rings is 1. The van der Waals surface area contributed by atoms with E-state index in [2.05, 4.69) is 0 Å². The van der Waals surface area contributed by atoms with E-state index in [1.165, 1.54) is 4.90 Å². The zero-order valence-electron chi connectivity index (χ0n) is 10.8. The number of amides is 1. The third-order valence-electron chi connectivity index (χ3n) is 2.41. The average molecular weight is 261 g/mol. The molecule has 7 heteroatoms. The minimum Gasteiger partial charge on any atom is -0.479 e. The Morgan fingerprint density at radius 2 is 2.06 bits per heavy atom. The number of hydrogen-bond donors (Lipinski definition) is 2. The lowest BCUT2D eigenvalue weighted by atomic mass is 10.2. The van der Waals surface area contributed by atoms with Crippen molar-refractivity contribution in [2.45, 2.75) is 38.5 Å². The number of carboxylic acids is 1. The largest absolute Gasteiger partial charge is 0.479 e. The predicted molar refractivity (Wildman–Crippen MR) is 61.2 cm³/mol. The van der Waals surface area contributed by atoms with E-state index >= 15 is 0 Å². The molecule has 2 N–H and O–H groups in total. The maximum absolute atomic E-state index is 11.9. The molecular formula is C11H19NO6. The van der Waals surface area contributed by atoms with Gasteiger partial charge in [-0.25, -0.2) is 9.59 Å². The Morgan fingerprint density at radius 1 is 1.44 bits per heavy atom. The van der Waals surface area contributed by atoms with E-state index < -0.39 is 29.8 Å². The number of carboxylic acid groups (broad SMARTS) is 1. The van der Waals surface area contributed by atoms with Gasteiger partial charge in [0.15, 0.2) is 6.10 Å². The van der Waals surface area contributed by atoms with Crippen LogP contribution in [0.4, 0.5) is 4.79 Å². The summed E-state index contributed by atoms with van der Waals surface area (Å²) in [5, 5.41) is 18.0. The third-order valence-corrected chi connectivity index (χ3v) is 2.41. The van der Waals surface area contributed by atoms with E-state index in [4.69, 9.17) is 19.7 Å². The molecule has 1 heterocycles. The first-order valence-electron chi connectivity index (χ1n) is 5.69. The lowest BCUT2D eigenvalue weighted by Crippen LogP contribution is -2.56. The Morgan fingerprint density at radius 3 is 2.50 bits per heavy atom. The summed E-state index contributed by atoms with van der Waals surface area (Å²) < 4.78 is 10.2. The number of aliphatic hydroxyl groups excluding tert-OH is 1. The highest BCUT2D eigenvalue weighted by Gasteiger charge is 2.37. The smallest absolute Gasteiger partial charge is 0.410 e. The molecule has 1 aliphatic rings. The van der Waals surface area contributed by atoms with E-state index in [0.29, 0.717) is 0 Å². The number of ether oxygens (including phenoxy) is 2. The maximum atomic E-state index is 11.9. The number of aliphatic hydroxyl groups is 1. The van der Waals surface area contributed by atoms with Crippen LogP contribution in [0.15, 0.2) is 0 Å². The second kappa shape index (κ2) is 5.53. The minimum absolute atomic E-state index is 0.0211. The molecular weight excluding hydrogens is 242 g/mol. The van der Waals surface area contributed by atoms with Crippen molar-refractivity contribution in [3.05, 3.63) is 0 Å². The molecule has 1 rings (SSSR count). The molecule has 1 amide bonds. The number of carbonyl (C=O) groups excluding carboxylic acids is 1. The first-order valence-corrected chi connectivity index (χ1v) is 5.69. The molecule has 1 fully saturated rings. The Hall–Kier alpha value is -1.34. The molecule has 0 saturated carbocycles. The van der Waals surface area contributed by atoms with Crippen molar-refractivity contribution in [1.82, 2.24) is 4.90 Å². The van der Waals surface area contributed by atoms with E-state index in [1.807, 2.05) is 0 Å². The Balaban J connectivity index is 2.74. The highest BCUT2D eigenvalue weighted by molar-refractivity contribution is 5.75. The molecule has 0 aromatic carbocycles. The van der Waals surface area contributed by atoms with E-state index in [1.54, 1.807) is 20.8 Å². The molecule has 0 aliphatic carbocycles. The molecule has 0 aromatic heterocycles. The van der Waals surface area contributed by atoms with Gasteiger partial charge in [0.2, 0.25) is 0 Å². The fraction of sp³-hybridized carbons (Fsp3) is 0.818. The summed E-state index contributed by atoms with van der Waals surface area (Å²) in [6.45, 7) is 4.70. The highest BCUT2D eigenvalue weighted by Crippen LogP contribution is 2.17. The highest BCUT2D eigenvalue weighted by atomic mass is 16.6. The number of carbonyl (C=O) groups is 2. The van der Waals surface area contributed by atoms with Crippen molar-refractivity contribution in [1.29, 1.82) is 0 Å². The summed E-state index contributed by atoms with van der Waals surface area (Å²) in [6.07, 6.45) is -1.73. The molecule has 0 spiro atoms. The summed E-state index contributed by atoms with van der Waals surface area (Å²) in [5.41, 5.74) is -0.673. The molecule has 1 saturated heterocycles.